The van der Waals surface area contributed by atoms with E-state index in [0.717, 1.165) is 18.4 Å². The molecular weight excluding hydrogens is 400 g/mol. The lowest BCUT2D eigenvalue weighted by molar-refractivity contribution is -0.125. The summed E-state index contributed by atoms with van der Waals surface area (Å²) in [5.74, 6) is 0.149. The maximum absolute atomic E-state index is 12.9. The predicted molar refractivity (Wildman–Crippen MR) is 109 cm³/mol. The minimum atomic E-state index is -0.873. The van der Waals surface area contributed by atoms with Gasteiger partial charge in [-0.3, -0.25) is 4.79 Å². The van der Waals surface area contributed by atoms with Gasteiger partial charge in [0.2, 0.25) is 0 Å². The van der Waals surface area contributed by atoms with Crippen LogP contribution in [-0.4, -0.2) is 34.2 Å². The second-order valence-electron chi connectivity index (χ2n) is 7.86. The highest BCUT2D eigenvalue weighted by Crippen LogP contribution is 2.31. The Hall–Kier alpha value is -3.67. The van der Waals surface area contributed by atoms with Crippen LogP contribution in [0.3, 0.4) is 0 Å². The van der Waals surface area contributed by atoms with E-state index in [1.807, 2.05) is 13.0 Å². The van der Waals surface area contributed by atoms with Gasteiger partial charge < -0.3 is 19.0 Å². The van der Waals surface area contributed by atoms with E-state index in [2.05, 4.69) is 21.5 Å². The molecule has 1 aliphatic rings. The second-order valence-corrected chi connectivity index (χ2v) is 7.86. The van der Waals surface area contributed by atoms with Crippen molar-refractivity contribution in [2.75, 3.05) is 6.61 Å². The standard InChI is InChI=1S/C22H22N4O5/c1-12-8-15(14(3)30-12)17-9-16(19-13(2)26-31-20(19)24-17)21(28)29-10-18(27)25-22(11-23)6-4-5-7-22/h8-9H,4-7,10H2,1-3H3,(H,25,27). The lowest BCUT2D eigenvalue weighted by Gasteiger charge is -2.21. The maximum atomic E-state index is 12.9. The first-order valence-corrected chi connectivity index (χ1v) is 10.1. The Labute approximate surface area is 178 Å². The lowest BCUT2D eigenvalue weighted by Crippen LogP contribution is -2.46. The first-order chi connectivity index (χ1) is 14.8. The van der Waals surface area contributed by atoms with Crippen molar-refractivity contribution in [2.24, 2.45) is 0 Å². The Kier molecular flexibility index (Phi) is 5.23. The number of nitriles is 1. The summed E-state index contributed by atoms with van der Waals surface area (Å²) in [5, 5.41) is 16.4. The summed E-state index contributed by atoms with van der Waals surface area (Å²) in [7, 11) is 0. The number of furan rings is 1. The van der Waals surface area contributed by atoms with Gasteiger partial charge in [0.1, 0.15) is 17.1 Å². The summed E-state index contributed by atoms with van der Waals surface area (Å²) < 4.78 is 16.1. The number of carbonyl (C=O) groups excluding carboxylic acids is 2. The molecule has 0 bridgehead atoms. The topological polar surface area (TPSA) is 131 Å². The third-order valence-corrected chi connectivity index (χ3v) is 5.54. The summed E-state index contributed by atoms with van der Waals surface area (Å²) in [6.45, 7) is 4.83. The van der Waals surface area contributed by atoms with Gasteiger partial charge in [0.05, 0.1) is 28.4 Å². The molecule has 9 heteroatoms. The molecular formula is C22H22N4O5. The van der Waals surface area contributed by atoms with E-state index >= 15 is 0 Å². The number of rotatable bonds is 5. The van der Waals surface area contributed by atoms with Gasteiger partial charge in [0.15, 0.2) is 6.61 Å². The number of carbonyl (C=O) groups is 2. The smallest absolute Gasteiger partial charge is 0.339 e. The van der Waals surface area contributed by atoms with Crippen molar-refractivity contribution in [3.05, 3.63) is 34.9 Å². The van der Waals surface area contributed by atoms with Crippen molar-refractivity contribution < 1.29 is 23.3 Å². The van der Waals surface area contributed by atoms with Crippen molar-refractivity contribution in [3.8, 4) is 17.3 Å². The first-order valence-electron chi connectivity index (χ1n) is 10.1. The predicted octanol–water partition coefficient (Wildman–Crippen LogP) is 3.52. The number of ether oxygens (including phenoxy) is 1. The zero-order chi connectivity index (χ0) is 22.2. The van der Waals surface area contributed by atoms with E-state index in [0.29, 0.717) is 41.1 Å². The van der Waals surface area contributed by atoms with Crippen LogP contribution in [0.2, 0.25) is 0 Å². The van der Waals surface area contributed by atoms with Crippen LogP contribution in [0, 0.1) is 32.1 Å². The molecule has 31 heavy (non-hydrogen) atoms. The number of nitrogens with zero attached hydrogens (tertiary/aromatic N) is 3. The van der Waals surface area contributed by atoms with E-state index in [4.69, 9.17) is 13.7 Å². The van der Waals surface area contributed by atoms with Crippen molar-refractivity contribution in [1.82, 2.24) is 15.5 Å². The monoisotopic (exact) mass is 422 g/mol. The molecule has 0 spiro atoms. The highest BCUT2D eigenvalue weighted by Gasteiger charge is 2.35. The van der Waals surface area contributed by atoms with Crippen molar-refractivity contribution in [3.63, 3.8) is 0 Å². The van der Waals surface area contributed by atoms with Gasteiger partial charge in [0, 0.05) is 5.56 Å². The fraction of sp³-hybridized carbons (Fsp3) is 0.409. The van der Waals surface area contributed by atoms with Crippen LogP contribution in [0.4, 0.5) is 0 Å². The number of fused-ring (bicyclic) bond motifs is 1. The number of hydrogen-bond acceptors (Lipinski definition) is 8. The van der Waals surface area contributed by atoms with E-state index < -0.39 is 24.0 Å². The third kappa shape index (κ3) is 3.89. The molecule has 3 aromatic rings. The Morgan fingerprint density at radius 2 is 2.00 bits per heavy atom. The minimum Gasteiger partial charge on any atom is -0.466 e. The zero-order valence-corrected chi connectivity index (χ0v) is 17.6. The summed E-state index contributed by atoms with van der Waals surface area (Å²) in [4.78, 5) is 29.7. The summed E-state index contributed by atoms with van der Waals surface area (Å²) in [5.41, 5.74) is 1.20. The van der Waals surface area contributed by atoms with E-state index in [9.17, 15) is 14.9 Å². The molecule has 3 heterocycles. The molecule has 1 saturated carbocycles. The van der Waals surface area contributed by atoms with Gasteiger partial charge in [-0.25, -0.2) is 9.78 Å². The molecule has 1 fully saturated rings. The number of pyridine rings is 1. The Bertz CT molecular complexity index is 1210. The van der Waals surface area contributed by atoms with Crippen LogP contribution in [-0.2, 0) is 9.53 Å². The molecule has 0 unspecified atom stereocenters. The average Bonchev–Trinajstić information content (AvgIpc) is 3.45. The zero-order valence-electron chi connectivity index (χ0n) is 17.6. The number of hydrogen-bond donors (Lipinski definition) is 1. The van der Waals surface area contributed by atoms with Crippen molar-refractivity contribution >= 4 is 23.0 Å². The molecule has 0 aliphatic heterocycles. The minimum absolute atomic E-state index is 0.194. The molecule has 3 aromatic heterocycles. The molecule has 160 valence electrons. The normalized spacial score (nSPS) is 15.0. The Morgan fingerprint density at radius 1 is 1.26 bits per heavy atom. The number of aryl methyl sites for hydroxylation is 3. The van der Waals surface area contributed by atoms with Crippen LogP contribution in [0.5, 0.6) is 0 Å². The molecule has 1 amide bonds. The molecule has 0 saturated heterocycles. The average molecular weight is 422 g/mol. The summed E-state index contributed by atoms with van der Waals surface area (Å²) in [6.07, 6.45) is 2.96. The van der Waals surface area contributed by atoms with Gasteiger partial charge in [-0.15, -0.1) is 0 Å². The highest BCUT2D eigenvalue weighted by atomic mass is 16.5. The van der Waals surface area contributed by atoms with Gasteiger partial charge in [-0.1, -0.05) is 5.16 Å². The molecule has 1 aliphatic carbocycles. The molecule has 1 N–H and O–H groups in total. The number of aromatic nitrogens is 2. The van der Waals surface area contributed by atoms with Crippen LogP contribution in [0.15, 0.2) is 21.1 Å². The quantitative estimate of drug-likeness (QED) is 0.618. The molecule has 9 nitrogen and oxygen atoms in total. The van der Waals surface area contributed by atoms with E-state index in [1.54, 1.807) is 19.9 Å². The fourth-order valence-electron chi connectivity index (χ4n) is 4.03. The van der Waals surface area contributed by atoms with Gasteiger partial charge in [0.25, 0.3) is 11.6 Å². The van der Waals surface area contributed by atoms with Crippen LogP contribution in [0.25, 0.3) is 22.4 Å². The van der Waals surface area contributed by atoms with Crippen LogP contribution < -0.4 is 5.32 Å². The second kappa shape index (κ2) is 7.87. The van der Waals surface area contributed by atoms with E-state index in [-0.39, 0.29) is 11.3 Å². The van der Waals surface area contributed by atoms with Gasteiger partial charge in [-0.05, 0) is 58.6 Å². The lowest BCUT2D eigenvalue weighted by atomic mass is 10.00. The summed E-state index contributed by atoms with van der Waals surface area (Å²) in [6, 6.07) is 5.58. The summed E-state index contributed by atoms with van der Waals surface area (Å²) >= 11 is 0. The number of nitrogens with one attached hydrogen (secondary N) is 1. The van der Waals surface area contributed by atoms with Gasteiger partial charge in [-0.2, -0.15) is 5.26 Å². The van der Waals surface area contributed by atoms with Crippen LogP contribution in [0.1, 0.15) is 53.3 Å². The third-order valence-electron chi connectivity index (χ3n) is 5.54. The molecule has 4 rings (SSSR count). The van der Waals surface area contributed by atoms with Crippen LogP contribution >= 0.6 is 0 Å². The van der Waals surface area contributed by atoms with Gasteiger partial charge >= 0.3 is 5.97 Å². The largest absolute Gasteiger partial charge is 0.466 e. The first kappa shape index (κ1) is 20.6. The van der Waals surface area contributed by atoms with Crippen molar-refractivity contribution in [2.45, 2.75) is 52.0 Å². The van der Waals surface area contributed by atoms with E-state index in [1.165, 1.54) is 0 Å². The molecule has 0 atom stereocenters. The number of amides is 1. The SMILES string of the molecule is Cc1cc(-c2cc(C(=O)OCC(=O)NC3(C#N)CCCC3)c3c(C)noc3n2)c(C)o1. The highest BCUT2D eigenvalue weighted by molar-refractivity contribution is 6.04. The maximum Gasteiger partial charge on any atom is 0.339 e. The van der Waals surface area contributed by atoms with Crippen molar-refractivity contribution in [1.29, 1.82) is 5.26 Å². The Morgan fingerprint density at radius 3 is 2.65 bits per heavy atom. The molecule has 0 radical (unpaired) electrons. The molecule has 0 aromatic carbocycles. The number of esters is 1. The fourth-order valence-corrected chi connectivity index (χ4v) is 4.03. The Balaban J connectivity index is 1.58.